The molecule has 1 fully saturated rings. The van der Waals surface area contributed by atoms with Crippen molar-refractivity contribution >= 4 is 15.9 Å². The number of carbonyl (C=O) groups is 1. The molecule has 0 saturated carbocycles. The highest BCUT2D eigenvalue weighted by molar-refractivity contribution is 7.89. The number of piperidine rings is 1. The van der Waals surface area contributed by atoms with Gasteiger partial charge in [-0.15, -0.1) is 0 Å². The zero-order valence-corrected chi connectivity index (χ0v) is 15.1. The van der Waals surface area contributed by atoms with Crippen molar-refractivity contribution in [3.05, 3.63) is 30.1 Å². The molecule has 0 bridgehead atoms. The second-order valence-corrected chi connectivity index (χ2v) is 8.44. The van der Waals surface area contributed by atoms with Gasteiger partial charge in [0.2, 0.25) is 15.9 Å². The molecule has 1 aromatic rings. The Morgan fingerprint density at radius 2 is 1.79 bits per heavy atom. The Morgan fingerprint density at radius 1 is 1.25 bits per heavy atom. The number of hydrogen-bond acceptors (Lipinski definition) is 3. The smallest absolute Gasteiger partial charge is 0.241 e. The van der Waals surface area contributed by atoms with Gasteiger partial charge in [0.1, 0.15) is 11.9 Å². The maximum atomic E-state index is 13.0. The summed E-state index contributed by atoms with van der Waals surface area (Å²) in [6, 6.07) is 3.76. The van der Waals surface area contributed by atoms with Crippen molar-refractivity contribution < 1.29 is 17.6 Å². The molecule has 2 rings (SSSR count). The van der Waals surface area contributed by atoms with Gasteiger partial charge in [0.05, 0.1) is 4.90 Å². The first-order valence-electron chi connectivity index (χ1n) is 8.29. The van der Waals surface area contributed by atoms with E-state index in [-0.39, 0.29) is 10.8 Å². The fourth-order valence-electron chi connectivity index (χ4n) is 3.24. The van der Waals surface area contributed by atoms with Crippen LogP contribution >= 0.6 is 0 Å². The van der Waals surface area contributed by atoms with Crippen molar-refractivity contribution in [1.29, 1.82) is 0 Å². The van der Waals surface area contributed by atoms with Gasteiger partial charge >= 0.3 is 0 Å². The highest BCUT2D eigenvalue weighted by Crippen LogP contribution is 2.22. The molecule has 3 atom stereocenters. The summed E-state index contributed by atoms with van der Waals surface area (Å²) in [7, 11) is -3.86. The fraction of sp³-hybridized carbons (Fsp3) is 0.588. The van der Waals surface area contributed by atoms with Gasteiger partial charge in [-0.05, 0) is 48.9 Å². The fourth-order valence-corrected chi connectivity index (χ4v) is 4.51. The molecule has 3 unspecified atom stereocenters. The second kappa shape index (κ2) is 7.61. The minimum Gasteiger partial charge on any atom is -0.341 e. The number of nitrogens with zero attached hydrogens (tertiary/aromatic N) is 1. The van der Waals surface area contributed by atoms with Gasteiger partial charge in [0, 0.05) is 13.1 Å². The Hall–Kier alpha value is -1.47. The van der Waals surface area contributed by atoms with E-state index in [1.54, 1.807) is 11.8 Å². The summed E-state index contributed by atoms with van der Waals surface area (Å²) >= 11 is 0. The highest BCUT2D eigenvalue weighted by Gasteiger charge is 2.31. The van der Waals surface area contributed by atoms with Gasteiger partial charge in [-0.2, -0.15) is 4.72 Å². The number of sulfonamides is 1. The second-order valence-electron chi connectivity index (χ2n) is 6.73. The van der Waals surface area contributed by atoms with E-state index in [2.05, 4.69) is 18.6 Å². The molecule has 1 aromatic carbocycles. The molecule has 1 saturated heterocycles. The van der Waals surface area contributed by atoms with Crippen LogP contribution in [0, 0.1) is 17.7 Å². The maximum absolute atomic E-state index is 13.0. The average Bonchev–Trinajstić information content (AvgIpc) is 2.51. The zero-order valence-electron chi connectivity index (χ0n) is 14.3. The lowest BCUT2D eigenvalue weighted by Crippen LogP contribution is -2.52. The number of nitrogens with one attached hydrogen (secondary N) is 1. The summed E-state index contributed by atoms with van der Waals surface area (Å²) < 4.78 is 40.3. The summed E-state index contributed by atoms with van der Waals surface area (Å²) in [6.45, 7) is 7.27. The average molecular weight is 356 g/mol. The van der Waals surface area contributed by atoms with E-state index in [9.17, 15) is 17.6 Å². The molecule has 5 nitrogen and oxygen atoms in total. The van der Waals surface area contributed by atoms with Crippen LogP contribution in [0.5, 0.6) is 0 Å². The van der Waals surface area contributed by atoms with Gasteiger partial charge in [0.15, 0.2) is 0 Å². The van der Waals surface area contributed by atoms with Gasteiger partial charge in [0.25, 0.3) is 0 Å². The number of likely N-dealkylation sites (tertiary alicyclic amines) is 1. The van der Waals surface area contributed by atoms with Crippen molar-refractivity contribution in [3.63, 3.8) is 0 Å². The molecule has 1 N–H and O–H groups in total. The lowest BCUT2D eigenvalue weighted by atomic mass is 9.91. The number of hydrogen-bond donors (Lipinski definition) is 1. The predicted molar refractivity (Wildman–Crippen MR) is 90.3 cm³/mol. The van der Waals surface area contributed by atoms with Gasteiger partial charge in [-0.25, -0.2) is 12.8 Å². The van der Waals surface area contributed by atoms with Crippen LogP contribution in [0.1, 0.15) is 33.6 Å². The molecule has 7 heteroatoms. The predicted octanol–water partition coefficient (Wildman–Crippen LogP) is 2.39. The van der Waals surface area contributed by atoms with Crippen LogP contribution in [0.25, 0.3) is 0 Å². The Morgan fingerprint density at radius 3 is 2.29 bits per heavy atom. The minimum absolute atomic E-state index is 0.0458. The molecular weight excluding hydrogens is 331 g/mol. The SMILES string of the molecule is CCC(NS(=O)(=O)c1ccc(F)cc1)C(=O)N1CC(C)CC(C)C1. The summed E-state index contributed by atoms with van der Waals surface area (Å²) in [5.74, 6) is 0.114. The van der Waals surface area contributed by atoms with Gasteiger partial charge in [-0.3, -0.25) is 4.79 Å². The van der Waals surface area contributed by atoms with Crippen molar-refractivity contribution in [2.75, 3.05) is 13.1 Å². The molecule has 1 aliphatic heterocycles. The van der Waals surface area contributed by atoms with Crippen LogP contribution in [0.3, 0.4) is 0 Å². The highest BCUT2D eigenvalue weighted by atomic mass is 32.2. The van der Waals surface area contributed by atoms with Crippen molar-refractivity contribution in [1.82, 2.24) is 9.62 Å². The normalized spacial score (nSPS) is 23.1. The topological polar surface area (TPSA) is 66.5 Å². The minimum atomic E-state index is -3.86. The Bertz CT molecular complexity index is 666. The van der Waals surface area contributed by atoms with Crippen LogP contribution < -0.4 is 4.72 Å². The zero-order chi connectivity index (χ0) is 17.9. The standard InChI is InChI=1S/C17H25FN2O3S/c1-4-16(17(21)20-10-12(2)9-13(3)11-20)19-24(22,23)15-7-5-14(18)6-8-15/h5-8,12-13,16,19H,4,9-11H2,1-3H3. The van der Waals surface area contributed by atoms with E-state index in [1.807, 2.05) is 0 Å². The monoisotopic (exact) mass is 356 g/mol. The van der Waals surface area contributed by atoms with E-state index < -0.39 is 21.9 Å². The van der Waals surface area contributed by atoms with Crippen LogP contribution in [-0.2, 0) is 14.8 Å². The van der Waals surface area contributed by atoms with Crippen LogP contribution in [-0.4, -0.2) is 38.4 Å². The van der Waals surface area contributed by atoms with E-state index >= 15 is 0 Å². The van der Waals surface area contributed by atoms with Crippen molar-refractivity contribution in [3.8, 4) is 0 Å². The Kier molecular flexibility index (Phi) is 5.98. The summed E-state index contributed by atoms with van der Waals surface area (Å²) in [5, 5.41) is 0. The molecule has 0 radical (unpaired) electrons. The number of benzene rings is 1. The van der Waals surface area contributed by atoms with E-state index in [0.717, 1.165) is 18.6 Å². The molecule has 1 heterocycles. The van der Waals surface area contributed by atoms with Crippen molar-refractivity contribution in [2.24, 2.45) is 11.8 Å². The van der Waals surface area contributed by atoms with Gasteiger partial charge < -0.3 is 4.90 Å². The molecule has 134 valence electrons. The molecule has 0 aromatic heterocycles. The Labute approximate surface area is 143 Å². The molecule has 0 aliphatic carbocycles. The van der Waals surface area contributed by atoms with Gasteiger partial charge in [-0.1, -0.05) is 20.8 Å². The molecule has 1 aliphatic rings. The van der Waals surface area contributed by atoms with Crippen LogP contribution in [0.4, 0.5) is 4.39 Å². The summed E-state index contributed by atoms with van der Waals surface area (Å²) in [6.07, 6.45) is 1.43. The number of rotatable bonds is 5. The molecule has 24 heavy (non-hydrogen) atoms. The lowest BCUT2D eigenvalue weighted by molar-refractivity contribution is -0.135. The number of halogens is 1. The molecular formula is C17H25FN2O3S. The van der Waals surface area contributed by atoms with E-state index in [0.29, 0.717) is 31.3 Å². The van der Waals surface area contributed by atoms with Crippen molar-refractivity contribution in [2.45, 2.75) is 44.6 Å². The van der Waals surface area contributed by atoms with E-state index in [4.69, 9.17) is 0 Å². The summed E-state index contributed by atoms with van der Waals surface area (Å²) in [5.41, 5.74) is 0. The first-order valence-corrected chi connectivity index (χ1v) is 9.78. The lowest BCUT2D eigenvalue weighted by Gasteiger charge is -2.36. The summed E-state index contributed by atoms with van der Waals surface area (Å²) in [4.78, 5) is 14.4. The van der Waals surface area contributed by atoms with E-state index in [1.165, 1.54) is 12.1 Å². The number of amides is 1. The maximum Gasteiger partial charge on any atom is 0.241 e. The Balaban J connectivity index is 2.13. The van der Waals surface area contributed by atoms with Crippen LogP contribution in [0.15, 0.2) is 29.2 Å². The first kappa shape index (κ1) is 18.9. The largest absolute Gasteiger partial charge is 0.341 e. The molecule has 0 spiro atoms. The van der Waals surface area contributed by atoms with Crippen LogP contribution in [0.2, 0.25) is 0 Å². The third kappa shape index (κ3) is 4.54. The molecule has 1 amide bonds. The number of carbonyl (C=O) groups excluding carboxylic acids is 1. The third-order valence-corrected chi connectivity index (χ3v) is 5.80. The quantitative estimate of drug-likeness (QED) is 0.881. The first-order chi connectivity index (χ1) is 11.2. The third-order valence-electron chi connectivity index (χ3n) is 4.31.